The molecule has 0 saturated heterocycles. The molecule has 0 aliphatic heterocycles. The van der Waals surface area contributed by atoms with Crippen LogP contribution in [-0.2, 0) is 0 Å². The number of halogens is 1. The van der Waals surface area contributed by atoms with Crippen molar-refractivity contribution in [2.75, 3.05) is 25.6 Å². The third-order valence-corrected chi connectivity index (χ3v) is 1.93. The summed E-state index contributed by atoms with van der Waals surface area (Å²) in [6, 6.07) is 0.257. The molecule has 0 atom stereocenters. The van der Waals surface area contributed by atoms with Crippen molar-refractivity contribution < 1.29 is 4.74 Å². The van der Waals surface area contributed by atoms with Crippen molar-refractivity contribution in [3.05, 3.63) is 17.9 Å². The SMILES string of the molecule is C=CCCCOc1nc(Cl)nc(N(C)C)n1. The van der Waals surface area contributed by atoms with Crippen molar-refractivity contribution in [1.29, 1.82) is 0 Å². The van der Waals surface area contributed by atoms with E-state index in [-0.39, 0.29) is 11.3 Å². The summed E-state index contributed by atoms with van der Waals surface area (Å²) in [5, 5.41) is 0.137. The van der Waals surface area contributed by atoms with Crippen molar-refractivity contribution in [3.63, 3.8) is 0 Å². The summed E-state index contributed by atoms with van der Waals surface area (Å²) in [5.41, 5.74) is 0. The smallest absolute Gasteiger partial charge is 0.322 e. The number of allylic oxidation sites excluding steroid dienone is 1. The zero-order valence-electron chi connectivity index (χ0n) is 9.48. The van der Waals surface area contributed by atoms with Crippen LogP contribution in [0.15, 0.2) is 12.7 Å². The molecule has 16 heavy (non-hydrogen) atoms. The number of nitrogens with zero attached hydrogens (tertiary/aromatic N) is 4. The molecular formula is C10H15ClN4O. The summed E-state index contributed by atoms with van der Waals surface area (Å²) in [4.78, 5) is 13.7. The van der Waals surface area contributed by atoms with Crippen LogP contribution in [0.25, 0.3) is 0 Å². The van der Waals surface area contributed by atoms with E-state index >= 15 is 0 Å². The van der Waals surface area contributed by atoms with Gasteiger partial charge in [-0.15, -0.1) is 6.58 Å². The Labute approximate surface area is 100 Å². The van der Waals surface area contributed by atoms with Crippen LogP contribution in [-0.4, -0.2) is 35.7 Å². The molecule has 1 aromatic heterocycles. The van der Waals surface area contributed by atoms with Crippen LogP contribution in [0.5, 0.6) is 6.01 Å². The van der Waals surface area contributed by atoms with E-state index < -0.39 is 0 Å². The van der Waals surface area contributed by atoms with Crippen LogP contribution in [0.1, 0.15) is 12.8 Å². The zero-order valence-corrected chi connectivity index (χ0v) is 10.2. The molecule has 0 bridgehead atoms. The summed E-state index contributed by atoms with van der Waals surface area (Å²) in [6.45, 7) is 4.17. The molecule has 0 aromatic carbocycles. The van der Waals surface area contributed by atoms with Crippen molar-refractivity contribution in [1.82, 2.24) is 15.0 Å². The van der Waals surface area contributed by atoms with Crippen LogP contribution in [0.2, 0.25) is 5.28 Å². The number of hydrogen-bond acceptors (Lipinski definition) is 5. The summed E-state index contributed by atoms with van der Waals surface area (Å²) in [5.74, 6) is 0.485. The van der Waals surface area contributed by atoms with Crippen LogP contribution in [0.3, 0.4) is 0 Å². The van der Waals surface area contributed by atoms with Gasteiger partial charge in [-0.05, 0) is 24.4 Å². The molecule has 1 rings (SSSR count). The highest BCUT2D eigenvalue weighted by atomic mass is 35.5. The molecule has 0 N–H and O–H groups in total. The second-order valence-corrected chi connectivity index (χ2v) is 3.70. The maximum atomic E-state index is 5.75. The average Bonchev–Trinajstić information content (AvgIpc) is 2.23. The largest absolute Gasteiger partial charge is 0.463 e. The fraction of sp³-hybridized carbons (Fsp3) is 0.500. The van der Waals surface area contributed by atoms with Crippen molar-refractivity contribution in [2.45, 2.75) is 12.8 Å². The third kappa shape index (κ3) is 4.02. The molecule has 0 radical (unpaired) electrons. The fourth-order valence-electron chi connectivity index (χ4n) is 0.978. The molecule has 1 heterocycles. The van der Waals surface area contributed by atoms with Gasteiger partial charge in [-0.2, -0.15) is 15.0 Å². The van der Waals surface area contributed by atoms with Crippen molar-refractivity contribution in [3.8, 4) is 6.01 Å². The summed E-state index contributed by atoms with van der Waals surface area (Å²) < 4.78 is 5.36. The summed E-state index contributed by atoms with van der Waals surface area (Å²) >= 11 is 5.75. The Kier molecular flexibility index (Phi) is 4.98. The lowest BCUT2D eigenvalue weighted by molar-refractivity contribution is 0.287. The number of rotatable bonds is 6. The van der Waals surface area contributed by atoms with Gasteiger partial charge in [0, 0.05) is 14.1 Å². The van der Waals surface area contributed by atoms with Gasteiger partial charge in [0.05, 0.1) is 6.61 Å². The summed E-state index contributed by atoms with van der Waals surface area (Å²) in [7, 11) is 3.65. The van der Waals surface area contributed by atoms with Gasteiger partial charge in [-0.25, -0.2) is 0 Å². The van der Waals surface area contributed by atoms with Gasteiger partial charge in [0.25, 0.3) is 0 Å². The first kappa shape index (κ1) is 12.7. The lowest BCUT2D eigenvalue weighted by Crippen LogP contribution is -2.14. The number of hydrogen-bond donors (Lipinski definition) is 0. The topological polar surface area (TPSA) is 51.1 Å². The van der Waals surface area contributed by atoms with E-state index in [1.165, 1.54) is 0 Å². The van der Waals surface area contributed by atoms with Gasteiger partial charge in [0.1, 0.15) is 0 Å². The lowest BCUT2D eigenvalue weighted by atomic mass is 10.3. The monoisotopic (exact) mass is 242 g/mol. The molecule has 0 unspecified atom stereocenters. The quantitative estimate of drug-likeness (QED) is 0.564. The van der Waals surface area contributed by atoms with E-state index in [4.69, 9.17) is 16.3 Å². The highest BCUT2D eigenvalue weighted by Gasteiger charge is 2.07. The normalized spacial score (nSPS) is 9.94. The van der Waals surface area contributed by atoms with Crippen LogP contribution < -0.4 is 9.64 Å². The van der Waals surface area contributed by atoms with Gasteiger partial charge in [0.2, 0.25) is 11.2 Å². The minimum atomic E-state index is 0.137. The van der Waals surface area contributed by atoms with Gasteiger partial charge in [-0.1, -0.05) is 6.08 Å². The minimum absolute atomic E-state index is 0.137. The predicted octanol–water partition coefficient (Wildman–Crippen LogP) is 1.94. The molecule has 1 aromatic rings. The molecule has 88 valence electrons. The zero-order chi connectivity index (χ0) is 12.0. The first-order valence-electron chi connectivity index (χ1n) is 4.96. The molecule has 0 spiro atoms. The molecule has 5 nitrogen and oxygen atoms in total. The van der Waals surface area contributed by atoms with Crippen LogP contribution in [0, 0.1) is 0 Å². The Hall–Kier alpha value is -1.36. The average molecular weight is 243 g/mol. The Morgan fingerprint density at radius 1 is 1.38 bits per heavy atom. The minimum Gasteiger partial charge on any atom is -0.463 e. The predicted molar refractivity (Wildman–Crippen MR) is 64.1 cm³/mol. The Morgan fingerprint density at radius 2 is 2.12 bits per heavy atom. The van der Waals surface area contributed by atoms with Crippen LogP contribution >= 0.6 is 11.6 Å². The van der Waals surface area contributed by atoms with Gasteiger partial charge >= 0.3 is 6.01 Å². The molecule has 0 aliphatic carbocycles. The second kappa shape index (κ2) is 6.27. The Morgan fingerprint density at radius 3 is 2.75 bits per heavy atom. The van der Waals surface area contributed by atoms with E-state index in [1.54, 1.807) is 4.90 Å². The Balaban J connectivity index is 2.61. The highest BCUT2D eigenvalue weighted by molar-refractivity contribution is 6.28. The van der Waals surface area contributed by atoms with Crippen molar-refractivity contribution in [2.24, 2.45) is 0 Å². The number of ether oxygens (including phenoxy) is 1. The van der Waals surface area contributed by atoms with Gasteiger partial charge in [0.15, 0.2) is 0 Å². The number of aromatic nitrogens is 3. The molecule has 0 saturated carbocycles. The molecule has 6 heteroatoms. The molecule has 0 aliphatic rings. The Bertz CT molecular complexity index is 357. The van der Waals surface area contributed by atoms with E-state index in [9.17, 15) is 0 Å². The first-order valence-corrected chi connectivity index (χ1v) is 5.34. The molecular weight excluding hydrogens is 228 g/mol. The van der Waals surface area contributed by atoms with E-state index in [0.29, 0.717) is 12.6 Å². The second-order valence-electron chi connectivity index (χ2n) is 3.36. The van der Waals surface area contributed by atoms with E-state index in [1.807, 2.05) is 20.2 Å². The lowest BCUT2D eigenvalue weighted by Gasteiger charge is -2.11. The third-order valence-electron chi connectivity index (χ3n) is 1.76. The highest BCUT2D eigenvalue weighted by Crippen LogP contribution is 2.13. The van der Waals surface area contributed by atoms with Gasteiger partial charge < -0.3 is 9.64 Å². The summed E-state index contributed by atoms with van der Waals surface area (Å²) in [6.07, 6.45) is 3.62. The van der Waals surface area contributed by atoms with Gasteiger partial charge in [-0.3, -0.25) is 0 Å². The molecule has 0 fully saturated rings. The number of anilines is 1. The van der Waals surface area contributed by atoms with Crippen molar-refractivity contribution >= 4 is 17.5 Å². The van der Waals surface area contributed by atoms with Crippen LogP contribution in [0.4, 0.5) is 5.95 Å². The number of unbranched alkanes of at least 4 members (excludes halogenated alkanes) is 1. The van der Waals surface area contributed by atoms with E-state index in [0.717, 1.165) is 12.8 Å². The maximum absolute atomic E-state index is 5.75. The fourth-order valence-corrected chi connectivity index (χ4v) is 1.13. The maximum Gasteiger partial charge on any atom is 0.322 e. The standard InChI is InChI=1S/C10H15ClN4O/c1-4-5-6-7-16-10-13-8(11)12-9(14-10)15(2)3/h4H,1,5-7H2,2-3H3. The molecule has 0 amide bonds. The van der Waals surface area contributed by atoms with E-state index in [2.05, 4.69) is 21.5 Å². The first-order chi connectivity index (χ1) is 7.63.